The van der Waals surface area contributed by atoms with Crippen LogP contribution in [0.1, 0.15) is 324 Å². The van der Waals surface area contributed by atoms with Crippen LogP contribution in [-0.2, 0) is 65.4 Å². The Balaban J connectivity index is 5.23. The van der Waals surface area contributed by atoms with Crippen molar-refractivity contribution in [1.29, 1.82) is 0 Å². The second-order valence-corrected chi connectivity index (χ2v) is 26.5. The van der Waals surface area contributed by atoms with Gasteiger partial charge in [-0.1, -0.05) is 272 Å². The summed E-state index contributed by atoms with van der Waals surface area (Å²) in [6.07, 6.45) is 41.6. The van der Waals surface area contributed by atoms with E-state index in [0.717, 1.165) is 89.9 Å². The molecule has 0 aromatic carbocycles. The molecule has 0 saturated heterocycles. The monoisotopic (exact) mass is 1230 g/mol. The average molecular weight is 1230 g/mol. The fourth-order valence-corrected chi connectivity index (χ4v) is 11.2. The number of aliphatic hydroxyl groups excluding tert-OH is 1. The Kier molecular flexibility index (Phi) is 56.4. The summed E-state index contributed by atoms with van der Waals surface area (Å²) < 4.78 is 68.0. The zero-order chi connectivity index (χ0) is 61.3. The van der Waals surface area contributed by atoms with E-state index in [1.165, 1.54) is 148 Å². The van der Waals surface area contributed by atoms with E-state index in [9.17, 15) is 43.2 Å². The summed E-state index contributed by atoms with van der Waals surface area (Å²) in [5, 5.41) is 10.5. The van der Waals surface area contributed by atoms with Crippen molar-refractivity contribution in [1.82, 2.24) is 0 Å². The number of carbonyl (C=O) groups excluding carboxylic acids is 4. The summed E-state index contributed by atoms with van der Waals surface area (Å²) in [5.41, 5.74) is 0. The van der Waals surface area contributed by atoms with Crippen molar-refractivity contribution in [3.63, 3.8) is 0 Å². The Hall–Kier alpha value is -1.94. The molecule has 0 amide bonds. The lowest BCUT2D eigenvalue weighted by molar-refractivity contribution is -0.161. The summed E-state index contributed by atoms with van der Waals surface area (Å²) in [7, 11) is -9.88. The van der Waals surface area contributed by atoms with Gasteiger partial charge in [0.2, 0.25) is 0 Å². The first-order valence-electron chi connectivity index (χ1n) is 33.6. The topological polar surface area (TPSA) is 237 Å². The molecule has 3 N–H and O–H groups in total. The van der Waals surface area contributed by atoms with Gasteiger partial charge in [-0.15, -0.1) is 0 Å². The van der Waals surface area contributed by atoms with Crippen LogP contribution in [0.25, 0.3) is 0 Å². The fourth-order valence-electron chi connectivity index (χ4n) is 9.58. The van der Waals surface area contributed by atoms with Gasteiger partial charge in [-0.05, 0) is 31.6 Å². The highest BCUT2D eigenvalue weighted by atomic mass is 31.2. The Morgan fingerprint density at radius 2 is 0.554 bits per heavy atom. The maximum absolute atomic E-state index is 13.0. The Bertz CT molecular complexity index is 1620. The molecule has 19 heteroatoms. The molecule has 0 aliphatic heterocycles. The molecule has 0 saturated carbocycles. The van der Waals surface area contributed by atoms with E-state index in [0.29, 0.717) is 31.6 Å². The van der Waals surface area contributed by atoms with Gasteiger partial charge in [0.1, 0.15) is 19.3 Å². The highest BCUT2D eigenvalue weighted by molar-refractivity contribution is 7.47. The number of aliphatic hydroxyl groups is 1. The molecule has 0 aromatic heterocycles. The van der Waals surface area contributed by atoms with Crippen LogP contribution in [0.15, 0.2) is 0 Å². The lowest BCUT2D eigenvalue weighted by Gasteiger charge is -2.21. The van der Waals surface area contributed by atoms with E-state index in [2.05, 4.69) is 34.6 Å². The van der Waals surface area contributed by atoms with Gasteiger partial charge in [-0.2, -0.15) is 0 Å². The zero-order valence-electron chi connectivity index (χ0n) is 53.3. The molecule has 0 radical (unpaired) electrons. The van der Waals surface area contributed by atoms with Gasteiger partial charge < -0.3 is 33.8 Å². The average Bonchev–Trinajstić information content (AvgIpc) is 3.48. The van der Waals surface area contributed by atoms with Crippen LogP contribution < -0.4 is 0 Å². The van der Waals surface area contributed by atoms with Crippen molar-refractivity contribution >= 4 is 39.5 Å². The molecule has 0 aromatic rings. The van der Waals surface area contributed by atoms with Crippen LogP contribution in [-0.4, -0.2) is 96.7 Å². The van der Waals surface area contributed by atoms with E-state index in [4.69, 9.17) is 37.0 Å². The second kappa shape index (κ2) is 57.8. The normalized spacial score (nSPS) is 14.2. The van der Waals surface area contributed by atoms with Gasteiger partial charge in [0.15, 0.2) is 12.2 Å². The van der Waals surface area contributed by atoms with Crippen molar-refractivity contribution in [2.75, 3.05) is 39.6 Å². The molecular formula is C64H124O17P2. The lowest BCUT2D eigenvalue weighted by atomic mass is 10.0. The molecule has 0 bridgehead atoms. The fraction of sp³-hybridized carbons (Fsp3) is 0.938. The van der Waals surface area contributed by atoms with E-state index in [1.54, 1.807) is 0 Å². The maximum atomic E-state index is 13.0. The highest BCUT2D eigenvalue weighted by Gasteiger charge is 2.30. The van der Waals surface area contributed by atoms with E-state index in [1.807, 2.05) is 0 Å². The van der Waals surface area contributed by atoms with Crippen molar-refractivity contribution in [3.8, 4) is 0 Å². The molecule has 83 heavy (non-hydrogen) atoms. The summed E-state index contributed by atoms with van der Waals surface area (Å²) in [6, 6.07) is 0. The van der Waals surface area contributed by atoms with Gasteiger partial charge in [0.25, 0.3) is 0 Å². The number of hydrogen-bond donors (Lipinski definition) is 3. The number of esters is 4. The highest BCUT2D eigenvalue weighted by Crippen LogP contribution is 2.45. The third-order valence-corrected chi connectivity index (χ3v) is 16.7. The SMILES string of the molecule is CCCCCCCCCCCCCCC(=O)OC[C@H](COP(=O)(O)OC[C@@H](O)COP(=O)(O)OC[C@@H](COC(=O)CCCCCCCCCCC)OC(=O)CCCCCCCCCC(C)C)OC(=O)CCCCCCCCCCCCCC. The number of rotatable bonds is 64. The van der Waals surface area contributed by atoms with Crippen LogP contribution in [0.3, 0.4) is 0 Å². The second-order valence-electron chi connectivity index (χ2n) is 23.6. The van der Waals surface area contributed by atoms with Crippen molar-refractivity contribution < 1.29 is 80.2 Å². The van der Waals surface area contributed by atoms with Gasteiger partial charge >= 0.3 is 39.5 Å². The van der Waals surface area contributed by atoms with Gasteiger partial charge in [0, 0.05) is 25.7 Å². The number of phosphoric acid groups is 2. The Labute approximate surface area is 505 Å². The molecule has 0 aliphatic carbocycles. The number of phosphoric ester groups is 2. The first-order chi connectivity index (χ1) is 40.0. The van der Waals surface area contributed by atoms with Crippen molar-refractivity contribution in [2.24, 2.45) is 5.92 Å². The Morgan fingerprint density at radius 3 is 0.819 bits per heavy atom. The molecule has 0 spiro atoms. The summed E-state index contributed by atoms with van der Waals surface area (Å²) >= 11 is 0. The zero-order valence-corrected chi connectivity index (χ0v) is 55.1. The molecule has 0 fully saturated rings. The van der Waals surface area contributed by atoms with Crippen LogP contribution in [0.4, 0.5) is 0 Å². The van der Waals surface area contributed by atoms with E-state index >= 15 is 0 Å². The molecule has 2 unspecified atom stereocenters. The van der Waals surface area contributed by atoms with Gasteiger partial charge in [-0.3, -0.25) is 37.3 Å². The lowest BCUT2D eigenvalue weighted by Crippen LogP contribution is -2.30. The number of carbonyl (C=O) groups is 4. The van der Waals surface area contributed by atoms with Crippen LogP contribution >= 0.6 is 15.6 Å². The largest absolute Gasteiger partial charge is 0.472 e. The first kappa shape index (κ1) is 81.1. The summed E-state index contributed by atoms with van der Waals surface area (Å²) in [4.78, 5) is 72.2. The third-order valence-electron chi connectivity index (χ3n) is 14.8. The van der Waals surface area contributed by atoms with Crippen molar-refractivity contribution in [2.45, 2.75) is 342 Å². The third kappa shape index (κ3) is 58.8. The number of hydrogen-bond acceptors (Lipinski definition) is 15. The molecule has 17 nitrogen and oxygen atoms in total. The molecule has 0 heterocycles. The number of unbranched alkanes of at least 4 members (excludes halogenated alkanes) is 36. The van der Waals surface area contributed by atoms with Crippen LogP contribution in [0.5, 0.6) is 0 Å². The first-order valence-corrected chi connectivity index (χ1v) is 36.6. The predicted octanol–water partition coefficient (Wildman–Crippen LogP) is 17.8. The van der Waals surface area contributed by atoms with Crippen LogP contribution in [0.2, 0.25) is 0 Å². The molecule has 0 aliphatic rings. The maximum Gasteiger partial charge on any atom is 0.472 e. The van der Waals surface area contributed by atoms with Crippen molar-refractivity contribution in [3.05, 3.63) is 0 Å². The molecule has 5 atom stereocenters. The van der Waals surface area contributed by atoms with Gasteiger partial charge in [0.05, 0.1) is 26.4 Å². The van der Waals surface area contributed by atoms with Crippen LogP contribution in [0, 0.1) is 5.92 Å². The molecule has 492 valence electrons. The summed E-state index contributed by atoms with van der Waals surface area (Å²) in [6.45, 7) is 7.12. The standard InChI is InChI=1S/C64H124O17P2/c1-6-9-12-15-18-21-23-25-28-33-38-43-48-62(67)75-53-59(80-63(68)49-44-39-34-29-26-24-22-19-16-13-10-7-2)55-78-82(70,71)76-51-58(65)52-77-83(72,73)79-56-60(54-74-61(66)47-42-37-32-27-20-17-14-11-8-3)81-64(69)50-45-40-35-30-31-36-41-46-57(4)5/h57-60,65H,6-56H2,1-5H3,(H,70,71)(H,72,73)/t58-,59-,60-/m1/s1. The quantitative estimate of drug-likeness (QED) is 0.0222. The van der Waals surface area contributed by atoms with E-state index in [-0.39, 0.29) is 25.7 Å². The van der Waals surface area contributed by atoms with E-state index < -0.39 is 97.5 Å². The van der Waals surface area contributed by atoms with Gasteiger partial charge in [-0.25, -0.2) is 9.13 Å². The smallest absolute Gasteiger partial charge is 0.462 e. The minimum atomic E-state index is -4.94. The Morgan fingerprint density at radius 1 is 0.325 bits per heavy atom. The minimum Gasteiger partial charge on any atom is -0.462 e. The molecular weight excluding hydrogens is 1100 g/mol. The number of ether oxygens (including phenoxy) is 4. The predicted molar refractivity (Wildman–Crippen MR) is 331 cm³/mol. The molecule has 0 rings (SSSR count). The summed E-state index contributed by atoms with van der Waals surface area (Å²) in [5.74, 6) is -1.44. The minimum absolute atomic E-state index is 0.104.